The summed E-state index contributed by atoms with van der Waals surface area (Å²) < 4.78 is 0.781. The van der Waals surface area contributed by atoms with Gasteiger partial charge in [-0.1, -0.05) is 80.1 Å². The number of hydrogen-bond acceptors (Lipinski definition) is 3. The van der Waals surface area contributed by atoms with E-state index in [1.54, 1.807) is 0 Å². The van der Waals surface area contributed by atoms with E-state index in [0.717, 1.165) is 27.8 Å². The summed E-state index contributed by atoms with van der Waals surface area (Å²) in [4.78, 5) is 4.91. The van der Waals surface area contributed by atoms with Crippen molar-refractivity contribution >= 4 is 38.8 Å². The average molecular weight is 487 g/mol. The molecule has 0 bridgehead atoms. The first-order chi connectivity index (χ1) is 14.3. The van der Waals surface area contributed by atoms with E-state index in [0.29, 0.717) is 17.4 Å². The highest BCUT2D eigenvalue weighted by Gasteiger charge is 2.13. The fourth-order valence-electron chi connectivity index (χ4n) is 2.79. The lowest BCUT2D eigenvalue weighted by Gasteiger charge is -2.15. The third kappa shape index (κ3) is 6.89. The summed E-state index contributed by atoms with van der Waals surface area (Å²) in [6, 6.07) is 16.1. The van der Waals surface area contributed by atoms with Gasteiger partial charge in [0.1, 0.15) is 5.82 Å². The van der Waals surface area contributed by atoms with Crippen LogP contribution in [0.1, 0.15) is 37.0 Å². The molecule has 0 aliphatic rings. The van der Waals surface area contributed by atoms with Gasteiger partial charge in [-0.3, -0.25) is 0 Å². The number of nitrogens with two attached hydrogens (primary N) is 1. The monoisotopic (exact) mass is 485 g/mol. The van der Waals surface area contributed by atoms with E-state index in [-0.39, 0.29) is 5.92 Å². The highest BCUT2D eigenvalue weighted by atomic mass is 79.9. The predicted molar refractivity (Wildman–Crippen MR) is 135 cm³/mol. The first-order valence-corrected chi connectivity index (χ1v) is 11.1. The number of hydrogen-bond donors (Lipinski definition) is 2. The molecule has 0 radical (unpaired) electrons. The minimum Gasteiger partial charge on any atom is -0.404 e. The van der Waals surface area contributed by atoms with Crippen LogP contribution in [0.3, 0.4) is 0 Å². The topological polar surface area (TPSA) is 50.4 Å². The molecule has 3 nitrogen and oxygen atoms in total. The summed E-state index contributed by atoms with van der Waals surface area (Å²) in [5, 5.41) is 4.10. The molecule has 0 aliphatic heterocycles. The minimum atomic E-state index is 0.234. The molecule has 5 heteroatoms. The second kappa shape index (κ2) is 11.8. The number of allylic oxidation sites excluding steroid dienone is 3. The van der Waals surface area contributed by atoms with Crippen LogP contribution in [0.25, 0.3) is 5.57 Å². The summed E-state index contributed by atoms with van der Waals surface area (Å²) in [5.41, 5.74) is 10.7. The Morgan fingerprint density at radius 3 is 2.50 bits per heavy atom. The van der Waals surface area contributed by atoms with Gasteiger partial charge in [0.2, 0.25) is 0 Å². The largest absolute Gasteiger partial charge is 0.404 e. The Morgan fingerprint density at radius 2 is 1.90 bits per heavy atom. The van der Waals surface area contributed by atoms with Crippen molar-refractivity contribution in [3.05, 3.63) is 99.4 Å². The highest BCUT2D eigenvalue weighted by molar-refractivity contribution is 9.12. The van der Waals surface area contributed by atoms with E-state index in [4.69, 9.17) is 22.3 Å². The summed E-state index contributed by atoms with van der Waals surface area (Å²) in [6.07, 6.45) is 4.40. The number of nitrogens with one attached hydrogen (secondary N) is 1. The van der Waals surface area contributed by atoms with Crippen LogP contribution in [0.4, 0.5) is 0 Å². The maximum atomic E-state index is 6.36. The lowest BCUT2D eigenvalue weighted by atomic mass is 10.0. The fourth-order valence-corrected chi connectivity index (χ4v) is 3.53. The Balaban J connectivity index is 2.42. The minimum absolute atomic E-state index is 0.234. The van der Waals surface area contributed by atoms with Crippen molar-refractivity contribution in [3.63, 3.8) is 0 Å². The van der Waals surface area contributed by atoms with Crippen molar-refractivity contribution < 1.29 is 0 Å². The summed E-state index contributed by atoms with van der Waals surface area (Å²) in [6.45, 7) is 11.2. The zero-order chi connectivity index (χ0) is 22.1. The lowest BCUT2D eigenvalue weighted by Crippen LogP contribution is -2.17. The number of halogens is 2. The summed E-state index contributed by atoms with van der Waals surface area (Å²) in [5.74, 6) is 0.937. The van der Waals surface area contributed by atoms with Gasteiger partial charge in [-0.2, -0.15) is 0 Å². The molecule has 1 atom stereocenters. The van der Waals surface area contributed by atoms with E-state index < -0.39 is 0 Å². The molecule has 2 rings (SSSR count). The van der Waals surface area contributed by atoms with Gasteiger partial charge in [0.15, 0.2) is 0 Å². The Bertz CT molecular complexity index is 959. The quantitative estimate of drug-likeness (QED) is 0.297. The molecule has 0 amide bonds. The molecule has 0 spiro atoms. The van der Waals surface area contributed by atoms with Crippen molar-refractivity contribution in [1.82, 2.24) is 5.32 Å². The molecular formula is C25H29BrClN3. The Labute approximate surface area is 193 Å². The Morgan fingerprint density at radius 1 is 1.23 bits per heavy atom. The number of rotatable bonds is 9. The first-order valence-electron chi connectivity index (χ1n) is 9.97. The summed E-state index contributed by atoms with van der Waals surface area (Å²) >= 11 is 9.91. The first kappa shape index (κ1) is 24.0. The number of aliphatic imine (C=N–C) groups is 1. The van der Waals surface area contributed by atoms with Crippen LogP contribution in [-0.4, -0.2) is 5.71 Å². The van der Waals surface area contributed by atoms with Crippen molar-refractivity contribution in [2.75, 3.05) is 0 Å². The van der Waals surface area contributed by atoms with Gasteiger partial charge < -0.3 is 11.1 Å². The maximum absolute atomic E-state index is 6.36. The molecular weight excluding hydrogens is 458 g/mol. The molecule has 0 saturated heterocycles. The van der Waals surface area contributed by atoms with Crippen LogP contribution >= 0.6 is 27.5 Å². The van der Waals surface area contributed by atoms with Crippen molar-refractivity contribution in [3.8, 4) is 0 Å². The van der Waals surface area contributed by atoms with Gasteiger partial charge in [0.25, 0.3) is 0 Å². The molecule has 0 aromatic heterocycles. The van der Waals surface area contributed by atoms with Crippen LogP contribution in [0.15, 0.2) is 82.7 Å². The summed E-state index contributed by atoms with van der Waals surface area (Å²) in [7, 11) is 0. The second-order valence-corrected chi connectivity index (χ2v) is 8.46. The number of aryl methyl sites for hydroxylation is 1. The molecule has 30 heavy (non-hydrogen) atoms. The fraction of sp³-hybridized carbons (Fsp3) is 0.240. The van der Waals surface area contributed by atoms with Crippen molar-refractivity contribution in [2.45, 2.75) is 33.7 Å². The number of benzene rings is 2. The Hall–Kier alpha value is -2.30. The molecule has 1 unspecified atom stereocenters. The standard InChI is InChI=1S/C25H29BrClN3/c1-5-18(3)25(22(26)15-28)30-24(29-16-20-12-10-17(2)11-13-20)14-19(4)21-8-6-7-9-23(21)27/h6-15,18,29H,4-5,16,28H2,1-3H3/b22-15+,24-14-,30-25+. The van der Waals surface area contributed by atoms with Crippen molar-refractivity contribution in [2.24, 2.45) is 16.6 Å². The SMILES string of the molecule is C=C(\C=C(/N=C(/C(Br)=C\N)C(C)CC)NCc1ccc(C)cc1)c1ccccc1Cl. The van der Waals surface area contributed by atoms with Gasteiger partial charge in [-0.15, -0.1) is 0 Å². The average Bonchev–Trinajstić information content (AvgIpc) is 2.75. The van der Waals surface area contributed by atoms with E-state index in [2.05, 4.69) is 72.9 Å². The third-order valence-corrected chi connectivity index (χ3v) is 5.84. The van der Waals surface area contributed by atoms with E-state index >= 15 is 0 Å². The van der Waals surface area contributed by atoms with Crippen LogP contribution in [0.5, 0.6) is 0 Å². The van der Waals surface area contributed by atoms with Crippen LogP contribution in [0.2, 0.25) is 5.02 Å². The van der Waals surface area contributed by atoms with Gasteiger partial charge >= 0.3 is 0 Å². The number of nitrogens with zero attached hydrogens (tertiary/aromatic N) is 1. The molecule has 0 fully saturated rings. The smallest absolute Gasteiger partial charge is 0.127 e. The van der Waals surface area contributed by atoms with Crippen molar-refractivity contribution in [1.29, 1.82) is 0 Å². The normalized spacial score (nSPS) is 13.8. The van der Waals surface area contributed by atoms with Gasteiger partial charge in [0, 0.05) is 17.8 Å². The molecule has 0 aliphatic carbocycles. The van der Waals surface area contributed by atoms with E-state index in [1.165, 1.54) is 17.3 Å². The van der Waals surface area contributed by atoms with E-state index in [1.807, 2.05) is 30.3 Å². The Kier molecular flexibility index (Phi) is 9.41. The lowest BCUT2D eigenvalue weighted by molar-refractivity contribution is 0.732. The molecule has 0 heterocycles. The molecule has 3 N–H and O–H groups in total. The molecule has 0 saturated carbocycles. The van der Waals surface area contributed by atoms with Gasteiger partial charge in [-0.25, -0.2) is 4.99 Å². The van der Waals surface area contributed by atoms with Crippen LogP contribution in [0, 0.1) is 12.8 Å². The van der Waals surface area contributed by atoms with Crippen LogP contribution < -0.4 is 11.1 Å². The van der Waals surface area contributed by atoms with Gasteiger partial charge in [0.05, 0.1) is 10.2 Å². The zero-order valence-electron chi connectivity index (χ0n) is 17.8. The van der Waals surface area contributed by atoms with Gasteiger partial charge in [-0.05, 0) is 64.0 Å². The highest BCUT2D eigenvalue weighted by Crippen LogP contribution is 2.25. The zero-order valence-corrected chi connectivity index (χ0v) is 20.1. The molecule has 2 aromatic carbocycles. The second-order valence-electron chi connectivity index (χ2n) is 7.19. The van der Waals surface area contributed by atoms with E-state index in [9.17, 15) is 0 Å². The molecule has 2 aromatic rings. The predicted octanol–water partition coefficient (Wildman–Crippen LogP) is 6.97. The third-order valence-electron chi connectivity index (χ3n) is 4.84. The maximum Gasteiger partial charge on any atom is 0.127 e. The molecule has 158 valence electrons. The van der Waals surface area contributed by atoms with Crippen LogP contribution in [-0.2, 0) is 6.54 Å².